The summed E-state index contributed by atoms with van der Waals surface area (Å²) in [5.74, 6) is -1.61. The number of esters is 1. The van der Waals surface area contributed by atoms with Gasteiger partial charge in [-0.1, -0.05) is 26.3 Å². The van der Waals surface area contributed by atoms with Gasteiger partial charge in [0.2, 0.25) is 0 Å². The van der Waals surface area contributed by atoms with Crippen LogP contribution in [0.1, 0.15) is 39.5 Å². The molecule has 0 N–H and O–H groups in total. The zero-order chi connectivity index (χ0) is 15.8. The quantitative estimate of drug-likeness (QED) is 0.358. The first-order valence-electron chi connectivity index (χ1n) is 7.09. The number of quaternary nitrogens is 1. The van der Waals surface area contributed by atoms with Crippen molar-refractivity contribution < 1.29 is 23.9 Å². The molecular formula is C15H27NO4. The molecule has 0 aliphatic carbocycles. The molecule has 0 fully saturated rings. The first kappa shape index (κ1) is 18.6. The molecule has 5 nitrogen and oxygen atoms in total. The number of carboxylic acid groups (broad SMARTS) is 1. The Balaban J connectivity index is 4.81. The van der Waals surface area contributed by atoms with Crippen LogP contribution in [-0.4, -0.2) is 50.2 Å². The number of ether oxygens (including phenoxy) is 1. The first-order chi connectivity index (χ1) is 9.19. The lowest BCUT2D eigenvalue weighted by Gasteiger charge is -2.29. The number of carbonyl (C=O) groups is 2. The summed E-state index contributed by atoms with van der Waals surface area (Å²) in [6, 6.07) is 0. The van der Waals surface area contributed by atoms with Crippen LogP contribution >= 0.6 is 0 Å². The van der Waals surface area contributed by atoms with E-state index >= 15 is 0 Å². The minimum absolute atomic E-state index is 0.271. The van der Waals surface area contributed by atoms with Gasteiger partial charge in [0.15, 0.2) is 6.10 Å². The Morgan fingerprint density at radius 1 is 1.25 bits per heavy atom. The molecule has 5 heteroatoms. The topological polar surface area (TPSA) is 66.4 Å². The van der Waals surface area contributed by atoms with Crippen LogP contribution in [0.25, 0.3) is 0 Å². The molecule has 0 aliphatic heterocycles. The predicted molar refractivity (Wildman–Crippen MR) is 75.7 cm³/mol. The van der Waals surface area contributed by atoms with Crippen LogP contribution in [0.4, 0.5) is 0 Å². The Labute approximate surface area is 121 Å². The zero-order valence-electron chi connectivity index (χ0n) is 13.3. The average molecular weight is 285 g/mol. The van der Waals surface area contributed by atoms with E-state index in [1.54, 1.807) is 0 Å². The maximum absolute atomic E-state index is 12.1. The predicted octanol–water partition coefficient (Wildman–Crippen LogP) is 0.881. The molecule has 0 aliphatic rings. The van der Waals surface area contributed by atoms with Gasteiger partial charge in [-0.05, 0) is 12.8 Å². The van der Waals surface area contributed by atoms with E-state index < -0.39 is 18.0 Å². The molecule has 0 heterocycles. The Kier molecular flexibility index (Phi) is 8.15. The number of nitrogens with zero attached hydrogens (tertiary/aromatic N) is 1. The summed E-state index contributed by atoms with van der Waals surface area (Å²) in [5, 5.41) is 10.8. The third-order valence-electron chi connectivity index (χ3n) is 2.65. The zero-order valence-corrected chi connectivity index (χ0v) is 13.3. The van der Waals surface area contributed by atoms with Crippen LogP contribution in [-0.2, 0) is 14.3 Å². The molecular weight excluding hydrogens is 258 g/mol. The molecule has 0 aromatic carbocycles. The fourth-order valence-corrected chi connectivity index (χ4v) is 1.97. The average Bonchev–Trinajstić information content (AvgIpc) is 2.25. The molecule has 0 bridgehead atoms. The molecule has 0 aromatic heterocycles. The SMILES string of the molecule is CC/C=C(\CCC)C(=O)OC(CC(=O)[O-])C[N+](C)(C)C. The van der Waals surface area contributed by atoms with Crippen LogP contribution in [0, 0.1) is 0 Å². The van der Waals surface area contributed by atoms with Gasteiger partial charge < -0.3 is 19.1 Å². The van der Waals surface area contributed by atoms with Gasteiger partial charge in [-0.15, -0.1) is 0 Å². The van der Waals surface area contributed by atoms with Gasteiger partial charge >= 0.3 is 5.97 Å². The van der Waals surface area contributed by atoms with Crippen LogP contribution in [0.15, 0.2) is 11.6 Å². The Bertz CT molecular complexity index is 355. The summed E-state index contributed by atoms with van der Waals surface area (Å²) < 4.78 is 5.88. The van der Waals surface area contributed by atoms with Crippen molar-refractivity contribution in [3.63, 3.8) is 0 Å². The highest BCUT2D eigenvalue weighted by Crippen LogP contribution is 2.12. The van der Waals surface area contributed by atoms with Crippen molar-refractivity contribution in [2.75, 3.05) is 27.7 Å². The van der Waals surface area contributed by atoms with E-state index in [0.29, 0.717) is 23.0 Å². The number of carboxylic acids is 1. The molecule has 0 rings (SSSR count). The molecule has 1 atom stereocenters. The Morgan fingerprint density at radius 2 is 1.85 bits per heavy atom. The number of likely N-dealkylation sites (N-methyl/N-ethyl adjacent to an activating group) is 1. The number of aliphatic carboxylic acids is 1. The number of carbonyl (C=O) groups excluding carboxylic acids is 2. The maximum Gasteiger partial charge on any atom is 0.334 e. The van der Waals surface area contributed by atoms with E-state index in [2.05, 4.69) is 0 Å². The molecule has 0 saturated heterocycles. The summed E-state index contributed by atoms with van der Waals surface area (Å²) in [4.78, 5) is 22.9. The number of rotatable bonds is 9. The van der Waals surface area contributed by atoms with Crippen molar-refractivity contribution >= 4 is 11.9 Å². The standard InChI is InChI=1S/C15H27NO4/c1-6-8-12(9-7-2)15(19)20-13(10-14(17)18)11-16(3,4)5/h8,13H,6-7,9-11H2,1-5H3/b12-8+. The van der Waals surface area contributed by atoms with E-state index in [9.17, 15) is 14.7 Å². The second-order valence-electron chi connectivity index (χ2n) is 5.96. The Hall–Kier alpha value is -1.36. The molecule has 0 spiro atoms. The summed E-state index contributed by atoms with van der Waals surface area (Å²) in [5.41, 5.74) is 0.625. The van der Waals surface area contributed by atoms with Crippen LogP contribution in [0.3, 0.4) is 0 Å². The van der Waals surface area contributed by atoms with E-state index in [1.807, 2.05) is 41.1 Å². The van der Waals surface area contributed by atoms with Gasteiger partial charge in [0.25, 0.3) is 0 Å². The molecule has 0 radical (unpaired) electrons. The summed E-state index contributed by atoms with van der Waals surface area (Å²) >= 11 is 0. The molecule has 0 aromatic rings. The van der Waals surface area contributed by atoms with Gasteiger partial charge in [0, 0.05) is 18.0 Å². The second-order valence-corrected chi connectivity index (χ2v) is 5.96. The number of hydrogen-bond donors (Lipinski definition) is 0. The fraction of sp³-hybridized carbons (Fsp3) is 0.733. The second kappa shape index (κ2) is 8.74. The van der Waals surface area contributed by atoms with E-state index in [0.717, 1.165) is 12.8 Å². The summed E-state index contributed by atoms with van der Waals surface area (Å²) in [7, 11) is 5.76. The first-order valence-corrected chi connectivity index (χ1v) is 7.09. The van der Waals surface area contributed by atoms with E-state index in [4.69, 9.17) is 4.74 Å². The minimum atomic E-state index is -1.20. The fourth-order valence-electron chi connectivity index (χ4n) is 1.97. The van der Waals surface area contributed by atoms with E-state index in [1.165, 1.54) is 0 Å². The third kappa shape index (κ3) is 8.69. The lowest BCUT2D eigenvalue weighted by atomic mass is 10.1. The summed E-state index contributed by atoms with van der Waals surface area (Å²) in [6.45, 7) is 4.38. The number of allylic oxidation sites excluding steroid dienone is 1. The highest BCUT2D eigenvalue weighted by molar-refractivity contribution is 5.88. The van der Waals surface area contributed by atoms with Crippen molar-refractivity contribution in [1.82, 2.24) is 0 Å². The molecule has 0 amide bonds. The molecule has 0 saturated carbocycles. The van der Waals surface area contributed by atoms with Crippen molar-refractivity contribution in [3.8, 4) is 0 Å². The highest BCUT2D eigenvalue weighted by Gasteiger charge is 2.23. The van der Waals surface area contributed by atoms with Gasteiger partial charge in [-0.2, -0.15) is 0 Å². The maximum atomic E-state index is 12.1. The van der Waals surface area contributed by atoms with Crippen LogP contribution in [0.2, 0.25) is 0 Å². The van der Waals surface area contributed by atoms with Gasteiger partial charge in [-0.3, -0.25) is 0 Å². The normalized spacial score (nSPS) is 13.9. The van der Waals surface area contributed by atoms with Gasteiger partial charge in [0.1, 0.15) is 6.54 Å². The summed E-state index contributed by atoms with van der Waals surface area (Å²) in [6.07, 6.45) is 3.16. The smallest absolute Gasteiger partial charge is 0.334 e. The molecule has 1 unspecified atom stereocenters. The van der Waals surface area contributed by atoms with Crippen molar-refractivity contribution in [1.29, 1.82) is 0 Å². The largest absolute Gasteiger partial charge is 0.550 e. The van der Waals surface area contributed by atoms with Crippen molar-refractivity contribution in [3.05, 3.63) is 11.6 Å². The van der Waals surface area contributed by atoms with Crippen molar-refractivity contribution in [2.24, 2.45) is 0 Å². The molecule has 20 heavy (non-hydrogen) atoms. The van der Waals surface area contributed by atoms with Gasteiger partial charge in [-0.25, -0.2) is 4.79 Å². The van der Waals surface area contributed by atoms with Crippen molar-refractivity contribution in [2.45, 2.75) is 45.6 Å². The lowest BCUT2D eigenvalue weighted by molar-refractivity contribution is -0.873. The van der Waals surface area contributed by atoms with Crippen LogP contribution < -0.4 is 5.11 Å². The van der Waals surface area contributed by atoms with Crippen LogP contribution in [0.5, 0.6) is 0 Å². The highest BCUT2D eigenvalue weighted by atomic mass is 16.5. The Morgan fingerprint density at radius 3 is 2.25 bits per heavy atom. The molecule has 116 valence electrons. The monoisotopic (exact) mass is 285 g/mol. The lowest BCUT2D eigenvalue weighted by Crippen LogP contribution is -2.45. The third-order valence-corrected chi connectivity index (χ3v) is 2.65. The number of hydrogen-bond acceptors (Lipinski definition) is 4. The minimum Gasteiger partial charge on any atom is -0.550 e. The van der Waals surface area contributed by atoms with E-state index in [-0.39, 0.29) is 6.42 Å². The van der Waals surface area contributed by atoms with Gasteiger partial charge in [0.05, 0.1) is 21.1 Å².